The van der Waals surface area contributed by atoms with Crippen molar-refractivity contribution in [2.24, 2.45) is 0 Å². The maximum Gasteiger partial charge on any atom is 0.295 e. The van der Waals surface area contributed by atoms with E-state index >= 15 is 0 Å². The number of benzene rings is 2. The number of rotatable bonds is 12. The highest BCUT2D eigenvalue weighted by Crippen LogP contribution is 2.46. The Morgan fingerprint density at radius 2 is 1.59 bits per heavy atom. The van der Waals surface area contributed by atoms with Crippen LogP contribution in [0.15, 0.2) is 35.9 Å². The Balaban J connectivity index is 2.25. The molecule has 1 heterocycles. The van der Waals surface area contributed by atoms with Crippen LogP contribution in [0.5, 0.6) is 23.0 Å². The van der Waals surface area contributed by atoms with Crippen molar-refractivity contribution in [1.82, 2.24) is 4.90 Å². The maximum atomic E-state index is 13.5. The van der Waals surface area contributed by atoms with Crippen molar-refractivity contribution in [3.8, 4) is 23.0 Å². The van der Waals surface area contributed by atoms with Gasteiger partial charge in [-0.2, -0.15) is 0 Å². The molecule has 9 heteroatoms. The van der Waals surface area contributed by atoms with Crippen LogP contribution in [-0.4, -0.2) is 68.9 Å². The summed E-state index contributed by atoms with van der Waals surface area (Å²) in [4.78, 5) is 28.2. The van der Waals surface area contributed by atoms with Gasteiger partial charge in [0.05, 0.1) is 52.3 Å². The summed E-state index contributed by atoms with van der Waals surface area (Å²) in [6.07, 6.45) is -0.0558. The molecule has 0 spiro atoms. The average Bonchev–Trinajstić information content (AvgIpc) is 3.16. The van der Waals surface area contributed by atoms with Crippen molar-refractivity contribution in [3.63, 3.8) is 0 Å². The second-order valence-electron chi connectivity index (χ2n) is 9.71. The molecule has 2 aromatic carbocycles. The number of hydrogen-bond donors (Lipinski definition) is 1. The summed E-state index contributed by atoms with van der Waals surface area (Å²) in [5.41, 5.74) is 1.78. The summed E-state index contributed by atoms with van der Waals surface area (Å²) in [5.74, 6) is 0.116. The number of ketones is 1. The molecule has 1 aliphatic rings. The van der Waals surface area contributed by atoms with Gasteiger partial charge in [0, 0.05) is 12.1 Å². The van der Waals surface area contributed by atoms with Crippen LogP contribution in [-0.2, 0) is 14.3 Å². The quantitative estimate of drug-likeness (QED) is 0.225. The minimum atomic E-state index is -0.913. The summed E-state index contributed by atoms with van der Waals surface area (Å²) in [6.45, 7) is 10.6. The van der Waals surface area contributed by atoms with Crippen molar-refractivity contribution in [1.29, 1.82) is 0 Å². The van der Waals surface area contributed by atoms with Crippen molar-refractivity contribution in [2.45, 2.75) is 52.7 Å². The molecule has 0 aliphatic carbocycles. The van der Waals surface area contributed by atoms with Crippen LogP contribution < -0.4 is 18.9 Å². The number of carbonyl (C=O) groups excluding carboxylic acids is 2. The number of methoxy groups -OCH3 is 3. The Labute approximate surface area is 230 Å². The summed E-state index contributed by atoms with van der Waals surface area (Å²) >= 11 is 0. The number of hydrogen-bond acceptors (Lipinski definition) is 8. The Morgan fingerprint density at radius 1 is 0.949 bits per heavy atom. The van der Waals surface area contributed by atoms with E-state index < -0.39 is 17.7 Å². The predicted octanol–water partition coefficient (Wildman–Crippen LogP) is 5.08. The van der Waals surface area contributed by atoms with E-state index in [9.17, 15) is 14.7 Å². The number of aliphatic hydroxyl groups excluding tert-OH is 1. The average molecular weight is 542 g/mol. The Hall–Kier alpha value is -3.72. The first kappa shape index (κ1) is 29.8. The number of carbonyl (C=O) groups is 2. The molecule has 39 heavy (non-hydrogen) atoms. The fraction of sp³-hybridized carbons (Fsp3) is 0.467. The molecule has 1 saturated heterocycles. The zero-order chi connectivity index (χ0) is 28.9. The van der Waals surface area contributed by atoms with Gasteiger partial charge < -0.3 is 33.7 Å². The standard InChI is InChI=1S/C30H39NO8/c1-9-38-22-11-10-19(14-21(22)17(2)3)27(32)25-26(31(30(34)28(25)33)12-13-39-18(4)5)20-15-23(35-6)29(37-8)24(16-20)36-7/h10-11,14-18,26,32H,9,12-13H2,1-8H3/b27-25+. The van der Waals surface area contributed by atoms with Crippen LogP contribution in [0.1, 0.15) is 63.3 Å². The molecule has 1 unspecified atom stereocenters. The van der Waals surface area contributed by atoms with Crippen LogP contribution in [0.3, 0.4) is 0 Å². The van der Waals surface area contributed by atoms with E-state index in [2.05, 4.69) is 0 Å². The fourth-order valence-electron chi connectivity index (χ4n) is 4.69. The summed E-state index contributed by atoms with van der Waals surface area (Å²) in [6, 6.07) is 7.71. The molecular weight excluding hydrogens is 502 g/mol. The lowest BCUT2D eigenvalue weighted by molar-refractivity contribution is -0.140. The SMILES string of the molecule is CCOc1ccc(/C(O)=C2\C(=O)C(=O)N(CCOC(C)C)C2c2cc(OC)c(OC)c(OC)c2)cc1C(C)C. The van der Waals surface area contributed by atoms with E-state index in [4.69, 9.17) is 23.7 Å². The lowest BCUT2D eigenvalue weighted by Gasteiger charge is -2.27. The molecule has 0 bridgehead atoms. The lowest BCUT2D eigenvalue weighted by Crippen LogP contribution is -2.33. The van der Waals surface area contributed by atoms with Crippen LogP contribution in [0.2, 0.25) is 0 Å². The number of ether oxygens (including phenoxy) is 5. The molecule has 1 amide bonds. The number of Topliss-reactive ketones (excluding diaryl/α,β-unsaturated/α-hetero) is 1. The third kappa shape index (κ3) is 6.14. The topological polar surface area (TPSA) is 104 Å². The lowest BCUT2D eigenvalue weighted by atomic mass is 9.92. The number of likely N-dealkylation sites (tertiary alicyclic amines) is 1. The fourth-order valence-corrected chi connectivity index (χ4v) is 4.69. The number of aliphatic hydroxyl groups is 1. The van der Waals surface area contributed by atoms with Crippen LogP contribution in [0, 0.1) is 0 Å². The van der Waals surface area contributed by atoms with Gasteiger partial charge in [0.1, 0.15) is 11.5 Å². The Kier molecular flexibility index (Phi) is 9.86. The van der Waals surface area contributed by atoms with Crippen LogP contribution >= 0.6 is 0 Å². The zero-order valence-corrected chi connectivity index (χ0v) is 24.0. The van der Waals surface area contributed by atoms with Gasteiger partial charge >= 0.3 is 0 Å². The molecular formula is C30H39NO8. The van der Waals surface area contributed by atoms with E-state index in [0.717, 1.165) is 5.56 Å². The smallest absolute Gasteiger partial charge is 0.295 e. The second-order valence-corrected chi connectivity index (χ2v) is 9.71. The maximum absolute atomic E-state index is 13.5. The summed E-state index contributed by atoms with van der Waals surface area (Å²) in [5, 5.41) is 11.6. The number of amides is 1. The van der Waals surface area contributed by atoms with Gasteiger partial charge in [0.15, 0.2) is 11.5 Å². The van der Waals surface area contributed by atoms with Crippen molar-refractivity contribution >= 4 is 17.4 Å². The van der Waals surface area contributed by atoms with Crippen molar-refractivity contribution < 1.29 is 38.4 Å². The van der Waals surface area contributed by atoms with E-state index in [0.29, 0.717) is 40.7 Å². The van der Waals surface area contributed by atoms with Crippen LogP contribution in [0.25, 0.3) is 5.76 Å². The van der Waals surface area contributed by atoms with Gasteiger partial charge in [0.25, 0.3) is 11.7 Å². The predicted molar refractivity (Wildman–Crippen MR) is 148 cm³/mol. The van der Waals surface area contributed by atoms with E-state index in [-0.39, 0.29) is 36.5 Å². The second kappa shape index (κ2) is 12.9. The Morgan fingerprint density at radius 3 is 2.10 bits per heavy atom. The third-order valence-corrected chi connectivity index (χ3v) is 6.53. The molecule has 2 aromatic rings. The first-order chi connectivity index (χ1) is 18.6. The minimum absolute atomic E-state index is 0.0299. The minimum Gasteiger partial charge on any atom is -0.507 e. The van der Waals surface area contributed by atoms with E-state index in [1.807, 2.05) is 34.6 Å². The molecule has 1 N–H and O–H groups in total. The summed E-state index contributed by atoms with van der Waals surface area (Å²) < 4.78 is 28.0. The van der Waals surface area contributed by atoms with Crippen molar-refractivity contribution in [2.75, 3.05) is 41.1 Å². The van der Waals surface area contributed by atoms with E-state index in [1.165, 1.54) is 26.2 Å². The third-order valence-electron chi connectivity index (χ3n) is 6.53. The normalized spacial score (nSPS) is 16.8. The van der Waals surface area contributed by atoms with Gasteiger partial charge in [-0.25, -0.2) is 0 Å². The Bertz CT molecular complexity index is 1210. The molecule has 1 fully saturated rings. The van der Waals surface area contributed by atoms with Gasteiger partial charge in [-0.15, -0.1) is 0 Å². The van der Waals surface area contributed by atoms with Gasteiger partial charge in [-0.3, -0.25) is 9.59 Å². The largest absolute Gasteiger partial charge is 0.507 e. The highest BCUT2D eigenvalue weighted by atomic mass is 16.5. The van der Waals surface area contributed by atoms with Crippen LogP contribution in [0.4, 0.5) is 0 Å². The molecule has 0 radical (unpaired) electrons. The molecule has 3 rings (SSSR count). The highest BCUT2D eigenvalue weighted by Gasteiger charge is 2.46. The molecule has 1 aliphatic heterocycles. The molecule has 0 aromatic heterocycles. The summed E-state index contributed by atoms with van der Waals surface area (Å²) in [7, 11) is 4.47. The van der Waals surface area contributed by atoms with Gasteiger partial charge in [0.2, 0.25) is 5.75 Å². The van der Waals surface area contributed by atoms with Gasteiger partial charge in [-0.05, 0) is 68.1 Å². The monoisotopic (exact) mass is 541 g/mol. The molecule has 212 valence electrons. The van der Waals surface area contributed by atoms with E-state index in [1.54, 1.807) is 30.3 Å². The first-order valence-electron chi connectivity index (χ1n) is 13.1. The van der Waals surface area contributed by atoms with Crippen molar-refractivity contribution in [3.05, 3.63) is 52.6 Å². The highest BCUT2D eigenvalue weighted by molar-refractivity contribution is 6.46. The molecule has 1 atom stereocenters. The zero-order valence-electron chi connectivity index (χ0n) is 24.0. The first-order valence-corrected chi connectivity index (χ1v) is 13.1. The van der Waals surface area contributed by atoms with Gasteiger partial charge in [-0.1, -0.05) is 13.8 Å². The molecule has 9 nitrogen and oxygen atoms in total. The molecule has 0 saturated carbocycles. The number of nitrogens with zero attached hydrogens (tertiary/aromatic N) is 1.